The molecule has 4 heterocycles. The van der Waals surface area contributed by atoms with E-state index >= 15 is 0 Å². The maximum Gasteiger partial charge on any atom is 0.253 e. The molecule has 0 aromatic heterocycles. The summed E-state index contributed by atoms with van der Waals surface area (Å²) in [6.45, 7) is 13.5. The van der Waals surface area contributed by atoms with E-state index in [0.29, 0.717) is 0 Å². The van der Waals surface area contributed by atoms with Crippen LogP contribution < -0.4 is 57.1 Å². The zero-order valence-electron chi connectivity index (χ0n) is 53.6. The number of hydrogen-bond donors (Lipinski definition) is 0. The first-order valence-electron chi connectivity index (χ1n) is 32.8. The number of anilines is 12. The summed E-state index contributed by atoms with van der Waals surface area (Å²) in [5.74, 6) is 1.75. The first-order chi connectivity index (χ1) is 45.9. The van der Waals surface area contributed by atoms with Crippen molar-refractivity contribution in [2.24, 2.45) is 0 Å². The monoisotopic (exact) mass is 1230 g/mol. The summed E-state index contributed by atoms with van der Waals surface area (Å²) in [5, 5.41) is 0. The Kier molecular flexibility index (Phi) is 13.8. The van der Waals surface area contributed by atoms with Crippen LogP contribution in [-0.4, -0.2) is 13.4 Å². The highest BCUT2D eigenvalue weighted by Gasteiger charge is 2.48. The molecular weight excluding hydrogens is 1160 g/mol. The minimum Gasteiger partial charge on any atom is -0.458 e. The van der Waals surface area contributed by atoms with Crippen molar-refractivity contribution >= 4 is 126 Å². The lowest BCUT2D eigenvalue weighted by atomic mass is 9.31. The minimum atomic E-state index is -0.185. The third-order valence-corrected chi connectivity index (χ3v) is 20.6. The Morgan fingerprint density at radius 1 is 0.319 bits per heavy atom. The maximum absolute atomic E-state index is 7.20. The molecule has 8 heteroatoms. The van der Waals surface area contributed by atoms with E-state index in [4.69, 9.17) is 4.74 Å². The molecule has 0 bridgehead atoms. The molecule has 0 unspecified atom stereocenters. The Bertz CT molecular complexity index is 4900. The summed E-state index contributed by atoms with van der Waals surface area (Å²) in [4.78, 5) is 12.4. The Morgan fingerprint density at radius 2 is 0.777 bits per heavy atom. The average molecular weight is 1230 g/mol. The number of hydrogen-bond acceptors (Lipinski definition) is 6. The fourth-order valence-electron chi connectivity index (χ4n) is 15.0. The van der Waals surface area contributed by atoms with Gasteiger partial charge in [0.25, 0.3) is 13.4 Å². The molecule has 0 atom stereocenters. The van der Waals surface area contributed by atoms with E-state index in [2.05, 4.69) is 364 Å². The van der Waals surface area contributed by atoms with E-state index in [-0.39, 0.29) is 24.3 Å². The molecular formula is C86H68B2N4OS. The molecule has 4 aliphatic heterocycles. The molecule has 0 saturated carbocycles. The third kappa shape index (κ3) is 9.64. The van der Waals surface area contributed by atoms with Crippen LogP contribution in [0.5, 0.6) is 11.5 Å². The van der Waals surface area contributed by atoms with Gasteiger partial charge in [0.2, 0.25) is 0 Å². The fraction of sp³-hybridized carbons (Fsp3) is 0.0930. The molecule has 4 aliphatic rings. The summed E-state index contributed by atoms with van der Waals surface area (Å²) in [7, 11) is 0. The Morgan fingerprint density at radius 3 is 1.31 bits per heavy atom. The maximum atomic E-state index is 7.20. The van der Waals surface area contributed by atoms with Gasteiger partial charge in [-0.25, -0.2) is 0 Å². The van der Waals surface area contributed by atoms with Crippen molar-refractivity contribution in [2.45, 2.75) is 62.2 Å². The number of benzene rings is 13. The van der Waals surface area contributed by atoms with E-state index in [1.54, 1.807) is 0 Å². The number of ether oxygens (including phenoxy) is 1. The topological polar surface area (TPSA) is 22.2 Å². The molecule has 0 N–H and O–H groups in total. The predicted octanol–water partition coefficient (Wildman–Crippen LogP) is 19.7. The second-order valence-corrected chi connectivity index (χ2v) is 28.3. The second kappa shape index (κ2) is 22.6. The van der Waals surface area contributed by atoms with Crippen molar-refractivity contribution in [3.63, 3.8) is 0 Å². The van der Waals surface area contributed by atoms with Crippen LogP contribution >= 0.6 is 11.8 Å². The molecule has 0 spiro atoms. The average Bonchev–Trinajstić information content (AvgIpc) is 0.689. The molecule has 450 valence electrons. The first-order valence-corrected chi connectivity index (χ1v) is 33.6. The van der Waals surface area contributed by atoms with Crippen molar-refractivity contribution in [2.75, 3.05) is 19.6 Å². The van der Waals surface area contributed by atoms with Crippen LogP contribution in [0.25, 0.3) is 22.3 Å². The van der Waals surface area contributed by atoms with Gasteiger partial charge in [-0.2, -0.15) is 0 Å². The number of para-hydroxylation sites is 8. The van der Waals surface area contributed by atoms with Crippen molar-refractivity contribution in [3.8, 4) is 33.8 Å². The molecule has 5 nitrogen and oxygen atoms in total. The lowest BCUT2D eigenvalue weighted by Gasteiger charge is -2.46. The minimum absolute atomic E-state index is 0.0358. The van der Waals surface area contributed by atoms with Crippen molar-refractivity contribution in [1.29, 1.82) is 0 Å². The molecule has 0 aliphatic carbocycles. The summed E-state index contributed by atoms with van der Waals surface area (Å²) < 4.78 is 7.20. The molecule has 94 heavy (non-hydrogen) atoms. The third-order valence-electron chi connectivity index (χ3n) is 19.4. The van der Waals surface area contributed by atoms with E-state index in [1.807, 2.05) is 11.8 Å². The van der Waals surface area contributed by atoms with Crippen LogP contribution in [0.1, 0.15) is 52.7 Å². The molecule has 0 fully saturated rings. The van der Waals surface area contributed by atoms with E-state index in [0.717, 1.165) is 107 Å². The van der Waals surface area contributed by atoms with Gasteiger partial charge < -0.3 is 24.3 Å². The van der Waals surface area contributed by atoms with Gasteiger partial charge in [0.05, 0.1) is 17.1 Å². The second-order valence-electron chi connectivity index (χ2n) is 27.2. The highest BCUT2D eigenvalue weighted by molar-refractivity contribution is 8.00. The molecule has 13 aromatic rings. The Balaban J connectivity index is 0.999. The predicted molar refractivity (Wildman–Crippen MR) is 400 cm³/mol. The lowest BCUT2D eigenvalue weighted by Crippen LogP contribution is -2.64. The lowest BCUT2D eigenvalue weighted by molar-refractivity contribution is 0.486. The zero-order chi connectivity index (χ0) is 63.4. The van der Waals surface area contributed by atoms with Crippen molar-refractivity contribution in [3.05, 3.63) is 314 Å². The first kappa shape index (κ1) is 57.3. The summed E-state index contributed by atoms with van der Waals surface area (Å²) in [6.07, 6.45) is 0. The van der Waals surface area contributed by atoms with Crippen LogP contribution in [0.4, 0.5) is 68.2 Å². The van der Waals surface area contributed by atoms with Crippen LogP contribution in [0.15, 0.2) is 313 Å². The Labute approximate surface area is 557 Å². The van der Waals surface area contributed by atoms with E-state index in [9.17, 15) is 0 Å². The molecule has 0 saturated heterocycles. The smallest absolute Gasteiger partial charge is 0.253 e. The molecule has 0 radical (unpaired) electrons. The standard InChI is InChI=1S/C86H68B2N4OS/c1-85(2,3)59-47-43-57(44-48-59)68-37-26-38-69(58-45-49-60(50-46-58)86(4,5)6)84(68)92-75-56-80-73(88-71-40-23-25-42-78(71)93-79-53-67(54-81(94-80)83(79)88)90(63-31-16-9-17-32-63)64-33-18-10-19-34-64)55-72(75)87-70-39-22-24-41-74(70)91(65-35-20-11-21-36-65)76-51-66(52-77(92)82(76)87)89(61-27-12-7-13-28-61)62-29-14-8-15-30-62/h7-56H,1-6H3. The van der Waals surface area contributed by atoms with Gasteiger partial charge in [-0.1, -0.05) is 259 Å². The van der Waals surface area contributed by atoms with Gasteiger partial charge in [-0.3, -0.25) is 0 Å². The quantitative estimate of drug-likeness (QED) is 0.126. The van der Waals surface area contributed by atoms with Gasteiger partial charge in [-0.15, -0.1) is 0 Å². The number of nitrogens with zero attached hydrogens (tertiary/aromatic N) is 4. The number of fused-ring (bicyclic) bond motifs is 8. The highest BCUT2D eigenvalue weighted by Crippen LogP contribution is 2.54. The van der Waals surface area contributed by atoms with Crippen LogP contribution in [0, 0.1) is 0 Å². The Hall–Kier alpha value is -10.7. The normalized spacial score (nSPS) is 13.2. The van der Waals surface area contributed by atoms with E-state index in [1.165, 1.54) is 48.2 Å². The van der Waals surface area contributed by atoms with Crippen molar-refractivity contribution < 1.29 is 4.74 Å². The van der Waals surface area contributed by atoms with Crippen LogP contribution in [0.2, 0.25) is 0 Å². The fourth-order valence-corrected chi connectivity index (χ4v) is 16.2. The SMILES string of the molecule is CC(C)(C)c1ccc(-c2cccc(-c3ccc(C(C)(C)C)cc3)c2N2c3cc4c(cc3B3c5ccccc5N(c5ccccc5)c5cc(N(c6ccccc6)c6ccccc6)cc2c53)B2c3ccccc3Oc3cc(N(c5ccccc5)c5ccccc5)cc(c32)S4)cc1. The van der Waals surface area contributed by atoms with Crippen molar-refractivity contribution in [1.82, 2.24) is 0 Å². The number of rotatable bonds is 10. The van der Waals surface area contributed by atoms with Gasteiger partial charge in [0, 0.05) is 78.2 Å². The van der Waals surface area contributed by atoms with Gasteiger partial charge in [0.1, 0.15) is 11.5 Å². The molecule has 17 rings (SSSR count). The molecule has 13 aromatic carbocycles. The van der Waals surface area contributed by atoms with Crippen LogP contribution in [-0.2, 0) is 10.8 Å². The zero-order valence-corrected chi connectivity index (χ0v) is 54.4. The molecule has 0 amide bonds. The van der Waals surface area contributed by atoms with Gasteiger partial charge in [0.15, 0.2) is 0 Å². The van der Waals surface area contributed by atoms with E-state index < -0.39 is 0 Å². The van der Waals surface area contributed by atoms with Gasteiger partial charge in [-0.05, 0) is 157 Å². The summed E-state index contributed by atoms with van der Waals surface area (Å²) >= 11 is 1.87. The summed E-state index contributed by atoms with van der Waals surface area (Å²) in [5.41, 5.74) is 27.6. The van der Waals surface area contributed by atoms with Gasteiger partial charge >= 0.3 is 0 Å². The largest absolute Gasteiger partial charge is 0.458 e. The highest BCUT2D eigenvalue weighted by atomic mass is 32.2. The van der Waals surface area contributed by atoms with Crippen LogP contribution in [0.3, 0.4) is 0 Å². The summed E-state index contributed by atoms with van der Waals surface area (Å²) in [6, 6.07) is 113.